The Bertz CT molecular complexity index is 1770. The van der Waals surface area contributed by atoms with Crippen molar-refractivity contribution in [3.05, 3.63) is 113 Å². The predicted octanol–water partition coefficient (Wildman–Crippen LogP) is 4.73. The van der Waals surface area contributed by atoms with Gasteiger partial charge in [0.2, 0.25) is 10.0 Å². The van der Waals surface area contributed by atoms with Crippen molar-refractivity contribution in [1.29, 1.82) is 0 Å². The molecule has 0 saturated carbocycles. The van der Waals surface area contributed by atoms with Crippen molar-refractivity contribution in [2.45, 2.75) is 17.7 Å². The van der Waals surface area contributed by atoms with Gasteiger partial charge in [-0.3, -0.25) is 9.78 Å². The zero-order valence-electron chi connectivity index (χ0n) is 20.7. The van der Waals surface area contributed by atoms with Crippen LogP contribution in [0.15, 0.2) is 77.5 Å². The number of rotatable bonds is 5. The summed E-state index contributed by atoms with van der Waals surface area (Å²) >= 11 is 0. The highest BCUT2D eigenvalue weighted by atomic mass is 32.2. The Labute approximate surface area is 226 Å². The quantitative estimate of drug-likeness (QED) is 0.198. The van der Waals surface area contributed by atoms with Crippen molar-refractivity contribution in [1.82, 2.24) is 19.1 Å². The van der Waals surface area contributed by atoms with E-state index < -0.39 is 49.4 Å². The number of hydrogen-bond donors (Lipinski definition) is 0. The molecule has 0 N–H and O–H groups in total. The fourth-order valence-electron chi connectivity index (χ4n) is 5.38. The highest BCUT2D eigenvalue weighted by Crippen LogP contribution is 2.47. The van der Waals surface area contributed by atoms with Gasteiger partial charge in [0.25, 0.3) is 0 Å². The number of hydrogen-bond acceptors (Lipinski definition) is 5. The van der Waals surface area contributed by atoms with E-state index >= 15 is 0 Å². The number of fused-ring (bicyclic) bond motifs is 2. The smallest absolute Gasteiger partial charge is 0.243 e. The fraction of sp³-hybridized carbons (Fsp3) is 0.179. The lowest BCUT2D eigenvalue weighted by molar-refractivity contribution is 0.0770. The van der Waals surface area contributed by atoms with Crippen molar-refractivity contribution >= 4 is 21.9 Å². The molecule has 2 aromatic carbocycles. The average molecular weight is 569 g/mol. The van der Waals surface area contributed by atoms with Crippen LogP contribution in [0.25, 0.3) is 11.8 Å². The van der Waals surface area contributed by atoms with Gasteiger partial charge in [0, 0.05) is 19.3 Å². The van der Waals surface area contributed by atoms with Gasteiger partial charge in [0.05, 0.1) is 27.9 Å². The number of carbonyl (C=O) groups excluding carboxylic acids is 1. The van der Waals surface area contributed by atoms with E-state index in [1.165, 1.54) is 24.4 Å². The molecule has 0 unspecified atom stereocenters. The first-order chi connectivity index (χ1) is 19.1. The van der Waals surface area contributed by atoms with Gasteiger partial charge in [-0.05, 0) is 73.0 Å². The summed E-state index contributed by atoms with van der Waals surface area (Å²) in [5, 5.41) is 4.43. The number of ketones is 1. The summed E-state index contributed by atoms with van der Waals surface area (Å²) in [6.07, 6.45) is 5.01. The number of pyridine rings is 1. The van der Waals surface area contributed by atoms with Crippen LogP contribution in [-0.2, 0) is 16.4 Å². The zero-order valence-corrected chi connectivity index (χ0v) is 21.5. The van der Waals surface area contributed by atoms with Crippen LogP contribution >= 0.6 is 0 Å². The fourth-order valence-corrected chi connectivity index (χ4v) is 6.91. The predicted molar refractivity (Wildman–Crippen MR) is 136 cm³/mol. The van der Waals surface area contributed by atoms with Crippen molar-refractivity contribution < 1.29 is 30.8 Å². The molecule has 40 heavy (non-hydrogen) atoms. The first-order valence-electron chi connectivity index (χ1n) is 12.2. The Morgan fingerprint density at radius 1 is 0.975 bits per heavy atom. The highest BCUT2D eigenvalue weighted by Gasteiger charge is 2.51. The zero-order chi connectivity index (χ0) is 28.2. The maximum atomic E-state index is 14.1. The molecule has 1 saturated heterocycles. The van der Waals surface area contributed by atoms with Crippen LogP contribution in [0.1, 0.15) is 28.2 Å². The van der Waals surface area contributed by atoms with Crippen LogP contribution in [0.3, 0.4) is 0 Å². The first kappa shape index (κ1) is 26.1. The molecule has 204 valence electrons. The molecule has 6 rings (SSSR count). The third kappa shape index (κ3) is 4.14. The van der Waals surface area contributed by atoms with Gasteiger partial charge in [-0.15, -0.1) is 0 Å². The minimum atomic E-state index is -4.52. The van der Waals surface area contributed by atoms with Gasteiger partial charge in [-0.25, -0.2) is 30.7 Å². The molecule has 0 bridgehead atoms. The van der Waals surface area contributed by atoms with E-state index in [1.807, 2.05) is 0 Å². The summed E-state index contributed by atoms with van der Waals surface area (Å²) in [5.41, 5.74) is 1.30. The van der Waals surface area contributed by atoms with E-state index in [9.17, 15) is 30.8 Å². The summed E-state index contributed by atoms with van der Waals surface area (Å²) in [6.45, 7) is -0.426. The van der Waals surface area contributed by atoms with Gasteiger partial charge in [0.1, 0.15) is 11.5 Å². The first-order valence-corrected chi connectivity index (χ1v) is 13.7. The summed E-state index contributed by atoms with van der Waals surface area (Å²) in [4.78, 5) is 17.5. The number of sulfonamides is 1. The molecule has 3 heterocycles. The molecule has 0 spiro atoms. The van der Waals surface area contributed by atoms with Crippen LogP contribution in [0, 0.1) is 28.7 Å². The molecule has 0 amide bonds. The molecule has 1 aliphatic carbocycles. The number of aromatic nitrogens is 3. The van der Waals surface area contributed by atoms with Crippen molar-refractivity contribution in [2.24, 2.45) is 5.41 Å². The molecule has 4 aromatic rings. The van der Waals surface area contributed by atoms with Crippen LogP contribution in [-0.4, -0.2) is 46.4 Å². The van der Waals surface area contributed by atoms with Gasteiger partial charge in [-0.1, -0.05) is 11.6 Å². The van der Waals surface area contributed by atoms with Crippen LogP contribution in [0.5, 0.6) is 0 Å². The van der Waals surface area contributed by atoms with E-state index in [-0.39, 0.29) is 31.6 Å². The second-order valence-corrected chi connectivity index (χ2v) is 11.6. The van der Waals surface area contributed by atoms with Crippen molar-refractivity contribution in [3.63, 3.8) is 0 Å². The Morgan fingerprint density at radius 3 is 2.38 bits per heavy atom. The molecule has 2 aliphatic rings. The molecule has 0 radical (unpaired) electrons. The molecule has 1 aliphatic heterocycles. The SMILES string of the molecule is O=C(c1ccccn1)[C@]12Cc3cnn(-c4ccc(F)cc4)c3C=C1CCN(S(=O)(=O)c1cc(F)c(F)c(F)c1)C2. The standard InChI is InChI=1S/C28H20F4N4O3S/c29-19-4-6-20(7-5-19)36-25-11-18-8-10-35(40(38,39)21-12-22(30)26(32)23(31)13-21)16-28(18,14-17(25)15-34-36)27(37)24-3-1-2-9-33-24/h1-7,9,11-13,15H,8,10,14,16H2/t28-/m0/s1. The lowest BCUT2D eigenvalue weighted by Gasteiger charge is -2.44. The minimum Gasteiger partial charge on any atom is -0.291 e. The highest BCUT2D eigenvalue weighted by molar-refractivity contribution is 7.89. The second kappa shape index (κ2) is 9.49. The van der Waals surface area contributed by atoms with E-state index in [0.29, 0.717) is 34.7 Å². The van der Waals surface area contributed by atoms with Gasteiger partial charge < -0.3 is 0 Å². The Morgan fingerprint density at radius 2 is 1.70 bits per heavy atom. The normalized spacial score (nSPS) is 19.1. The maximum Gasteiger partial charge on any atom is 0.243 e. The van der Waals surface area contributed by atoms with Crippen LogP contribution < -0.4 is 0 Å². The van der Waals surface area contributed by atoms with Crippen LogP contribution in [0.2, 0.25) is 0 Å². The summed E-state index contributed by atoms with van der Waals surface area (Å²) in [5.74, 6) is -5.87. The van der Waals surface area contributed by atoms with Gasteiger partial charge >= 0.3 is 0 Å². The van der Waals surface area contributed by atoms with E-state index in [1.54, 1.807) is 41.2 Å². The molecular formula is C28H20F4N4O3S. The molecular weight excluding hydrogens is 548 g/mol. The Balaban J connectivity index is 1.45. The lowest BCUT2D eigenvalue weighted by atomic mass is 9.65. The third-order valence-electron chi connectivity index (χ3n) is 7.38. The largest absolute Gasteiger partial charge is 0.291 e. The summed E-state index contributed by atoms with van der Waals surface area (Å²) < 4.78 is 84.6. The molecule has 2 aromatic heterocycles. The van der Waals surface area contributed by atoms with E-state index in [0.717, 1.165) is 4.31 Å². The monoisotopic (exact) mass is 568 g/mol. The Kier molecular flexibility index (Phi) is 6.19. The number of benzene rings is 2. The molecule has 7 nitrogen and oxygen atoms in total. The topological polar surface area (TPSA) is 85.2 Å². The Hall–Kier alpha value is -4.16. The summed E-state index contributed by atoms with van der Waals surface area (Å²) in [7, 11) is -4.52. The molecule has 1 atom stereocenters. The van der Waals surface area contributed by atoms with Crippen molar-refractivity contribution in [2.75, 3.05) is 13.1 Å². The number of halogens is 4. The number of piperidine rings is 1. The summed E-state index contributed by atoms with van der Waals surface area (Å²) in [6, 6.07) is 11.4. The van der Waals surface area contributed by atoms with Gasteiger partial charge in [0.15, 0.2) is 23.2 Å². The maximum absolute atomic E-state index is 14.1. The van der Waals surface area contributed by atoms with Gasteiger partial charge in [-0.2, -0.15) is 9.40 Å². The van der Waals surface area contributed by atoms with E-state index in [4.69, 9.17) is 0 Å². The van der Waals surface area contributed by atoms with Crippen molar-refractivity contribution in [3.8, 4) is 5.69 Å². The minimum absolute atomic E-state index is 0.0724. The lowest BCUT2D eigenvalue weighted by Crippen LogP contribution is -2.53. The number of Topliss-reactive ketones (excluding diaryl/α,β-unsaturated/α-hetero) is 1. The van der Waals surface area contributed by atoms with Crippen LogP contribution in [0.4, 0.5) is 17.6 Å². The molecule has 1 fully saturated rings. The third-order valence-corrected chi connectivity index (χ3v) is 9.20. The second-order valence-electron chi connectivity index (χ2n) is 9.71. The molecule has 12 heteroatoms. The number of nitrogens with zero attached hydrogens (tertiary/aromatic N) is 4. The average Bonchev–Trinajstić information content (AvgIpc) is 3.36. The van der Waals surface area contributed by atoms with E-state index in [2.05, 4.69) is 10.1 Å². The number of carbonyl (C=O) groups is 1.